The molecule has 3 aromatic rings. The Bertz CT molecular complexity index is 1040. The quantitative estimate of drug-likeness (QED) is 0.485. The molecular formula is C22H19ClFNO3. The summed E-state index contributed by atoms with van der Waals surface area (Å²) in [7, 11) is 0. The number of hydrogen-bond donors (Lipinski definition) is 1. The number of benzene rings is 3. The number of esters is 1. The number of amides is 1. The van der Waals surface area contributed by atoms with Crippen LogP contribution < -0.4 is 10.1 Å². The largest absolute Gasteiger partial charge is 0.424 e. The molecule has 144 valence electrons. The average Bonchev–Trinajstić information content (AvgIpc) is 2.68. The number of carbonyl (C=O) groups is 2. The van der Waals surface area contributed by atoms with Gasteiger partial charge in [0.1, 0.15) is 17.6 Å². The Balaban J connectivity index is 1.84. The van der Waals surface area contributed by atoms with Crippen LogP contribution >= 0.6 is 11.6 Å². The van der Waals surface area contributed by atoms with Crippen LogP contribution in [0.25, 0.3) is 10.8 Å². The Labute approximate surface area is 167 Å². The minimum absolute atomic E-state index is 0.127. The number of hydrogen-bond acceptors (Lipinski definition) is 3. The van der Waals surface area contributed by atoms with E-state index in [0.29, 0.717) is 16.2 Å². The van der Waals surface area contributed by atoms with Gasteiger partial charge in [0, 0.05) is 15.8 Å². The molecule has 0 aliphatic heterocycles. The zero-order valence-electron chi connectivity index (χ0n) is 15.4. The second kappa shape index (κ2) is 8.40. The van der Waals surface area contributed by atoms with Gasteiger partial charge < -0.3 is 10.1 Å². The molecule has 0 saturated carbocycles. The van der Waals surface area contributed by atoms with Gasteiger partial charge in [-0.3, -0.25) is 4.79 Å². The molecule has 3 rings (SSSR count). The predicted molar refractivity (Wildman–Crippen MR) is 107 cm³/mol. The summed E-state index contributed by atoms with van der Waals surface area (Å²) in [5.74, 6) is -1.88. The van der Waals surface area contributed by atoms with Crippen LogP contribution in [0.1, 0.15) is 24.2 Å². The van der Waals surface area contributed by atoms with Crippen LogP contribution in [0.3, 0.4) is 0 Å². The van der Waals surface area contributed by atoms with E-state index in [9.17, 15) is 14.0 Å². The first-order chi connectivity index (χ1) is 13.4. The number of nitrogens with one attached hydrogen (secondary N) is 1. The standard InChI is InChI=1S/C22H19ClFNO3/c1-13(2)20(25-21(26)16-9-5-6-10-18(16)24)22(27)28-19-12-11-17(23)14-7-3-4-8-15(14)19/h3-13,20H,1-2H3,(H,25,26)/t20-/m0/s1. The summed E-state index contributed by atoms with van der Waals surface area (Å²) in [5.41, 5.74) is -0.127. The third kappa shape index (κ3) is 4.15. The lowest BCUT2D eigenvalue weighted by Crippen LogP contribution is -2.46. The number of rotatable bonds is 5. The fourth-order valence-electron chi connectivity index (χ4n) is 2.86. The molecule has 0 aliphatic carbocycles. The lowest BCUT2D eigenvalue weighted by atomic mass is 10.0. The summed E-state index contributed by atoms with van der Waals surface area (Å²) < 4.78 is 19.4. The van der Waals surface area contributed by atoms with Crippen molar-refractivity contribution in [3.63, 3.8) is 0 Å². The van der Waals surface area contributed by atoms with E-state index in [2.05, 4.69) is 5.32 Å². The van der Waals surface area contributed by atoms with E-state index < -0.39 is 23.7 Å². The summed E-state index contributed by atoms with van der Waals surface area (Å²) in [6.45, 7) is 3.54. The van der Waals surface area contributed by atoms with Gasteiger partial charge in [-0.15, -0.1) is 0 Å². The first-order valence-electron chi connectivity index (χ1n) is 8.83. The van der Waals surface area contributed by atoms with E-state index in [-0.39, 0.29) is 11.5 Å². The van der Waals surface area contributed by atoms with Crippen molar-refractivity contribution in [1.82, 2.24) is 5.32 Å². The van der Waals surface area contributed by atoms with Crippen LogP contribution in [0.2, 0.25) is 5.02 Å². The maximum Gasteiger partial charge on any atom is 0.334 e. The van der Waals surface area contributed by atoms with E-state index in [0.717, 1.165) is 5.39 Å². The fraction of sp³-hybridized carbons (Fsp3) is 0.182. The Morgan fingerprint density at radius 2 is 1.61 bits per heavy atom. The highest BCUT2D eigenvalue weighted by Gasteiger charge is 2.28. The van der Waals surface area contributed by atoms with Gasteiger partial charge in [0.25, 0.3) is 5.91 Å². The first kappa shape index (κ1) is 19.8. The highest BCUT2D eigenvalue weighted by molar-refractivity contribution is 6.35. The summed E-state index contributed by atoms with van der Waals surface area (Å²) in [6, 6.07) is 15.2. The minimum Gasteiger partial charge on any atom is -0.424 e. The number of fused-ring (bicyclic) bond motifs is 1. The molecule has 28 heavy (non-hydrogen) atoms. The summed E-state index contributed by atoms with van der Waals surface area (Å²) >= 11 is 6.20. The summed E-state index contributed by atoms with van der Waals surface area (Å²) in [4.78, 5) is 25.2. The average molecular weight is 400 g/mol. The van der Waals surface area contributed by atoms with Gasteiger partial charge in [-0.2, -0.15) is 0 Å². The Morgan fingerprint density at radius 3 is 2.29 bits per heavy atom. The van der Waals surface area contributed by atoms with Crippen LogP contribution in [0.15, 0.2) is 60.7 Å². The second-order valence-electron chi connectivity index (χ2n) is 6.69. The SMILES string of the molecule is CC(C)[C@H](NC(=O)c1ccccc1F)C(=O)Oc1ccc(Cl)c2ccccc12. The van der Waals surface area contributed by atoms with Crippen molar-refractivity contribution in [1.29, 1.82) is 0 Å². The topological polar surface area (TPSA) is 55.4 Å². The van der Waals surface area contributed by atoms with E-state index >= 15 is 0 Å². The third-order valence-corrected chi connectivity index (χ3v) is 4.70. The van der Waals surface area contributed by atoms with Crippen molar-refractivity contribution >= 4 is 34.2 Å². The Hall–Kier alpha value is -2.92. The van der Waals surface area contributed by atoms with Crippen molar-refractivity contribution in [2.45, 2.75) is 19.9 Å². The maximum atomic E-state index is 13.9. The molecule has 1 N–H and O–H groups in total. The third-order valence-electron chi connectivity index (χ3n) is 4.37. The predicted octanol–water partition coefficient (Wildman–Crippen LogP) is 4.99. The van der Waals surface area contributed by atoms with Crippen molar-refractivity contribution in [2.75, 3.05) is 0 Å². The van der Waals surface area contributed by atoms with Gasteiger partial charge in [0.05, 0.1) is 5.56 Å². The zero-order chi connectivity index (χ0) is 20.3. The summed E-state index contributed by atoms with van der Waals surface area (Å²) in [5, 5.41) is 4.56. The highest BCUT2D eigenvalue weighted by atomic mass is 35.5. The molecule has 0 aliphatic rings. The molecule has 1 amide bonds. The second-order valence-corrected chi connectivity index (χ2v) is 7.09. The molecule has 6 heteroatoms. The van der Waals surface area contributed by atoms with Crippen LogP contribution in [0, 0.1) is 11.7 Å². The van der Waals surface area contributed by atoms with Crippen molar-refractivity contribution < 1.29 is 18.7 Å². The van der Waals surface area contributed by atoms with Crippen LogP contribution in [0.5, 0.6) is 5.75 Å². The van der Waals surface area contributed by atoms with E-state index in [4.69, 9.17) is 16.3 Å². The smallest absolute Gasteiger partial charge is 0.334 e. The highest BCUT2D eigenvalue weighted by Crippen LogP contribution is 2.31. The van der Waals surface area contributed by atoms with Crippen LogP contribution in [0.4, 0.5) is 4.39 Å². The van der Waals surface area contributed by atoms with Crippen molar-refractivity contribution in [3.05, 3.63) is 77.1 Å². The first-order valence-corrected chi connectivity index (χ1v) is 9.20. The molecule has 1 atom stereocenters. The molecular weight excluding hydrogens is 381 g/mol. The lowest BCUT2D eigenvalue weighted by Gasteiger charge is -2.21. The lowest BCUT2D eigenvalue weighted by molar-refractivity contribution is -0.137. The fourth-order valence-corrected chi connectivity index (χ4v) is 3.09. The van der Waals surface area contributed by atoms with Gasteiger partial charge in [-0.25, -0.2) is 9.18 Å². The number of carbonyl (C=O) groups excluding carboxylic acids is 2. The van der Waals surface area contributed by atoms with Crippen LogP contribution in [-0.4, -0.2) is 17.9 Å². The molecule has 3 aromatic carbocycles. The van der Waals surface area contributed by atoms with Gasteiger partial charge in [-0.05, 0) is 30.2 Å². The Kier molecular flexibility index (Phi) is 5.95. The van der Waals surface area contributed by atoms with Gasteiger partial charge in [-0.1, -0.05) is 61.8 Å². The molecule has 4 nitrogen and oxygen atoms in total. The van der Waals surface area contributed by atoms with E-state index in [1.807, 2.05) is 18.2 Å². The zero-order valence-corrected chi connectivity index (χ0v) is 16.2. The maximum absolute atomic E-state index is 13.9. The molecule has 0 aromatic heterocycles. The number of halogens is 2. The van der Waals surface area contributed by atoms with E-state index in [1.54, 1.807) is 38.1 Å². The Morgan fingerprint density at radius 1 is 0.964 bits per heavy atom. The molecule has 0 fully saturated rings. The van der Waals surface area contributed by atoms with E-state index in [1.165, 1.54) is 18.2 Å². The number of ether oxygens (including phenoxy) is 1. The molecule has 0 spiro atoms. The molecule has 0 unspecified atom stereocenters. The normalized spacial score (nSPS) is 12.0. The minimum atomic E-state index is -0.943. The molecule has 0 radical (unpaired) electrons. The van der Waals surface area contributed by atoms with Gasteiger partial charge in [0.15, 0.2) is 0 Å². The molecule has 0 bridgehead atoms. The van der Waals surface area contributed by atoms with Crippen molar-refractivity contribution in [2.24, 2.45) is 5.92 Å². The van der Waals surface area contributed by atoms with Gasteiger partial charge >= 0.3 is 5.97 Å². The van der Waals surface area contributed by atoms with Gasteiger partial charge in [0.2, 0.25) is 0 Å². The molecule has 0 heterocycles. The molecule has 0 saturated heterocycles. The van der Waals surface area contributed by atoms with Crippen molar-refractivity contribution in [3.8, 4) is 5.75 Å². The monoisotopic (exact) mass is 399 g/mol. The van der Waals surface area contributed by atoms with Crippen LogP contribution in [-0.2, 0) is 4.79 Å². The summed E-state index contributed by atoms with van der Waals surface area (Å²) in [6.07, 6.45) is 0.